The average molecular weight is 168 g/mol. The number of rotatable bonds is 3. The zero-order valence-electron chi connectivity index (χ0n) is 5.85. The molecular weight excluding hydrogens is 164 g/mol. The molecule has 1 rings (SSSR count). The Morgan fingerprint density at radius 1 is 1.92 bits per heavy atom. The van der Waals surface area contributed by atoms with Gasteiger partial charge in [0.25, 0.3) is 0 Å². The van der Waals surface area contributed by atoms with E-state index in [2.05, 4.69) is 19.4 Å². The molecule has 12 heavy (non-hydrogen) atoms. The van der Waals surface area contributed by atoms with Crippen molar-refractivity contribution >= 4 is 5.97 Å². The minimum Gasteiger partial charge on any atom is -0.541 e. The molecule has 0 bridgehead atoms. The molecule has 0 atom stereocenters. The molecule has 0 spiro atoms. The van der Waals surface area contributed by atoms with Crippen LogP contribution >= 0.6 is 0 Å². The lowest BCUT2D eigenvalue weighted by Gasteiger charge is -1.91. The Bertz CT molecular complexity index is 338. The maximum Gasteiger partial charge on any atom is 0.224 e. The molecule has 1 N–H and O–H groups in total. The van der Waals surface area contributed by atoms with Crippen LogP contribution in [0.25, 0.3) is 0 Å². The second kappa shape index (κ2) is 3.40. The highest BCUT2D eigenvalue weighted by Gasteiger charge is 2.04. The van der Waals surface area contributed by atoms with Crippen molar-refractivity contribution in [2.75, 3.05) is 0 Å². The summed E-state index contributed by atoms with van der Waals surface area (Å²) in [5, 5.41) is 13.4. The van der Waals surface area contributed by atoms with Gasteiger partial charge in [0.05, 0.1) is 6.20 Å². The molecule has 0 saturated carbocycles. The summed E-state index contributed by atoms with van der Waals surface area (Å²) in [6.45, 7) is -0.0449. The van der Waals surface area contributed by atoms with Crippen LogP contribution in [0.5, 0.6) is 0 Å². The first kappa shape index (κ1) is 8.09. The van der Waals surface area contributed by atoms with Crippen molar-refractivity contribution in [2.45, 2.75) is 6.54 Å². The number of carboxylic acid groups (broad SMARTS) is 1. The van der Waals surface area contributed by atoms with E-state index in [1.807, 2.05) is 0 Å². The van der Waals surface area contributed by atoms with Crippen molar-refractivity contribution in [3.8, 4) is 0 Å². The van der Waals surface area contributed by atoms with Crippen LogP contribution in [0.15, 0.2) is 15.7 Å². The number of nitrogens with zero attached hydrogens (tertiary/aromatic N) is 3. The molecule has 0 unspecified atom stereocenters. The number of oxazole rings is 1. The van der Waals surface area contributed by atoms with Crippen LogP contribution in [0.2, 0.25) is 0 Å². The monoisotopic (exact) mass is 168 g/mol. The topological polar surface area (TPSA) is 116 Å². The molecule has 62 valence electrons. The fraction of sp³-hybridized carbons (Fsp3) is 0.200. The highest BCUT2D eigenvalue weighted by atomic mass is 16.4. The second-order valence-corrected chi connectivity index (χ2v) is 1.81. The normalized spacial score (nSPS) is 9.00. The summed E-state index contributed by atoms with van der Waals surface area (Å²) in [6, 6.07) is 0. The predicted molar refractivity (Wildman–Crippen MR) is 31.8 cm³/mol. The molecule has 0 radical (unpaired) electrons. The van der Waals surface area contributed by atoms with Gasteiger partial charge in [0, 0.05) is 0 Å². The van der Waals surface area contributed by atoms with Gasteiger partial charge in [0.2, 0.25) is 10.8 Å². The Kier molecular flexibility index (Phi) is 2.29. The molecule has 7 nitrogen and oxygen atoms in total. The van der Waals surface area contributed by atoms with Crippen LogP contribution in [-0.2, 0) is 6.54 Å². The van der Waals surface area contributed by atoms with Gasteiger partial charge >= 0.3 is 0 Å². The summed E-state index contributed by atoms with van der Waals surface area (Å²) in [4.78, 5) is 16.4. The lowest BCUT2D eigenvalue weighted by molar-refractivity contribution is -0.257. The van der Waals surface area contributed by atoms with Crippen molar-refractivity contribution in [3.05, 3.63) is 17.8 Å². The van der Waals surface area contributed by atoms with E-state index in [1.54, 1.807) is 0 Å². The SMILES string of the molecule is N=[N+]=NCc1ncc(C(=O)[O-])o1. The number of nitrogens with one attached hydrogen (secondary N) is 1. The summed E-state index contributed by atoms with van der Waals surface area (Å²) in [5.74, 6) is -1.70. The number of aromatic carboxylic acids is 1. The quantitative estimate of drug-likeness (QED) is 0.464. The summed E-state index contributed by atoms with van der Waals surface area (Å²) < 4.78 is 4.64. The van der Waals surface area contributed by atoms with E-state index in [-0.39, 0.29) is 18.2 Å². The van der Waals surface area contributed by atoms with Gasteiger partial charge in [-0.2, -0.15) is 0 Å². The summed E-state index contributed by atoms with van der Waals surface area (Å²) in [5.41, 5.74) is 6.30. The Hall–Kier alpha value is -2.01. The van der Waals surface area contributed by atoms with Crippen molar-refractivity contribution in [1.82, 2.24) is 9.90 Å². The molecule has 0 aromatic carbocycles. The number of carboxylic acids is 1. The molecule has 0 aliphatic heterocycles. The fourth-order valence-electron chi connectivity index (χ4n) is 0.574. The van der Waals surface area contributed by atoms with E-state index < -0.39 is 5.97 Å². The lowest BCUT2D eigenvalue weighted by Crippen LogP contribution is -2.21. The van der Waals surface area contributed by atoms with Gasteiger partial charge in [-0.3, -0.25) is 0 Å². The van der Waals surface area contributed by atoms with Crippen LogP contribution in [-0.4, -0.2) is 11.0 Å². The number of carbonyl (C=O) groups excluding carboxylic acids is 1. The van der Waals surface area contributed by atoms with Crippen LogP contribution in [0.1, 0.15) is 16.4 Å². The minimum absolute atomic E-state index is 0.0449. The van der Waals surface area contributed by atoms with Gasteiger partial charge in [0.15, 0.2) is 12.3 Å². The molecule has 0 aliphatic carbocycles. The lowest BCUT2D eigenvalue weighted by atomic mass is 10.5. The van der Waals surface area contributed by atoms with Crippen LogP contribution in [0.3, 0.4) is 0 Å². The largest absolute Gasteiger partial charge is 0.541 e. The molecule has 1 aromatic heterocycles. The molecule has 1 heterocycles. The van der Waals surface area contributed by atoms with E-state index in [9.17, 15) is 9.90 Å². The number of carbonyl (C=O) groups is 1. The van der Waals surface area contributed by atoms with Crippen LogP contribution in [0.4, 0.5) is 0 Å². The Balaban J connectivity index is 2.77. The highest BCUT2D eigenvalue weighted by molar-refractivity contribution is 5.81. The maximum absolute atomic E-state index is 10.2. The number of hydrogen-bond acceptors (Lipinski definition) is 6. The molecule has 0 aliphatic rings. The van der Waals surface area contributed by atoms with Crippen LogP contribution < -0.4 is 10.0 Å². The highest BCUT2D eigenvalue weighted by Crippen LogP contribution is 2.02. The van der Waals surface area contributed by atoms with E-state index in [4.69, 9.17) is 5.53 Å². The first-order valence-electron chi connectivity index (χ1n) is 2.93. The van der Waals surface area contributed by atoms with Gasteiger partial charge in [-0.25, -0.2) is 4.98 Å². The van der Waals surface area contributed by atoms with Gasteiger partial charge in [0.1, 0.15) is 16.6 Å². The Morgan fingerprint density at radius 3 is 3.17 bits per heavy atom. The van der Waals surface area contributed by atoms with Crippen molar-refractivity contribution in [1.29, 1.82) is 5.53 Å². The standard InChI is InChI=1S/C5H4N4O3/c6-9-8-2-4-7-1-3(12-4)5(10)11/h1,6H,2H2. The van der Waals surface area contributed by atoms with E-state index in [0.717, 1.165) is 6.20 Å². The van der Waals surface area contributed by atoms with Crippen molar-refractivity contribution in [2.24, 2.45) is 5.11 Å². The fourth-order valence-corrected chi connectivity index (χ4v) is 0.574. The molecule has 0 saturated heterocycles. The smallest absolute Gasteiger partial charge is 0.224 e. The molecular formula is C5H4N4O3. The van der Waals surface area contributed by atoms with E-state index in [0.29, 0.717) is 0 Å². The summed E-state index contributed by atoms with van der Waals surface area (Å²) >= 11 is 0. The zero-order chi connectivity index (χ0) is 8.97. The molecule has 0 amide bonds. The first-order valence-corrected chi connectivity index (χ1v) is 2.93. The molecule has 0 fully saturated rings. The predicted octanol–water partition coefficient (Wildman–Crippen LogP) is -0.912. The van der Waals surface area contributed by atoms with Gasteiger partial charge in [-0.15, -0.1) is 0 Å². The maximum atomic E-state index is 10.2. The summed E-state index contributed by atoms with van der Waals surface area (Å²) in [6.07, 6.45) is 1.02. The average Bonchev–Trinajstić information content (AvgIpc) is 2.48. The third kappa shape index (κ3) is 1.74. The number of hydrogen-bond donors (Lipinski definition) is 1. The minimum atomic E-state index is -1.43. The third-order valence-corrected chi connectivity index (χ3v) is 1.03. The van der Waals surface area contributed by atoms with Gasteiger partial charge < -0.3 is 14.3 Å². The third-order valence-electron chi connectivity index (χ3n) is 1.03. The number of aromatic nitrogens is 1. The first-order chi connectivity index (χ1) is 5.74. The molecule has 7 heteroatoms. The van der Waals surface area contributed by atoms with Crippen LogP contribution in [0, 0.1) is 5.53 Å². The molecule has 1 aromatic rings. The van der Waals surface area contributed by atoms with Gasteiger partial charge in [-0.1, -0.05) is 0 Å². The summed E-state index contributed by atoms with van der Waals surface area (Å²) in [7, 11) is 0. The van der Waals surface area contributed by atoms with Crippen molar-refractivity contribution in [3.63, 3.8) is 0 Å². The Morgan fingerprint density at radius 2 is 2.67 bits per heavy atom. The van der Waals surface area contributed by atoms with E-state index in [1.165, 1.54) is 0 Å². The second-order valence-electron chi connectivity index (χ2n) is 1.81. The van der Waals surface area contributed by atoms with Gasteiger partial charge in [-0.05, 0) is 0 Å². The zero-order valence-corrected chi connectivity index (χ0v) is 5.85. The Labute approximate surface area is 66.3 Å². The van der Waals surface area contributed by atoms with E-state index >= 15 is 0 Å². The van der Waals surface area contributed by atoms with Crippen molar-refractivity contribution < 1.29 is 14.3 Å².